The number of hydrogen-bond acceptors (Lipinski definition) is 4. The zero-order valence-corrected chi connectivity index (χ0v) is 11.4. The number of benzene rings is 1. The summed E-state index contributed by atoms with van der Waals surface area (Å²) in [6, 6.07) is 6.07. The molecule has 1 aromatic heterocycles. The van der Waals surface area contributed by atoms with E-state index < -0.39 is 6.36 Å². The maximum atomic E-state index is 12.3. The minimum atomic E-state index is -4.69. The van der Waals surface area contributed by atoms with E-state index in [9.17, 15) is 13.2 Å². The van der Waals surface area contributed by atoms with Crippen LogP contribution in [-0.2, 0) is 20.0 Å². The van der Waals surface area contributed by atoms with Gasteiger partial charge in [-0.25, -0.2) is 0 Å². The Kier molecular flexibility index (Phi) is 4.79. The molecule has 1 aromatic carbocycles. The summed E-state index contributed by atoms with van der Waals surface area (Å²) < 4.78 is 42.6. The molecule has 114 valence electrons. The summed E-state index contributed by atoms with van der Waals surface area (Å²) in [5.41, 5.74) is 0.452. The highest BCUT2D eigenvalue weighted by Gasteiger charge is 2.31. The van der Waals surface area contributed by atoms with Crippen molar-refractivity contribution in [2.24, 2.45) is 7.05 Å². The zero-order valence-electron chi connectivity index (χ0n) is 11.4. The summed E-state index contributed by atoms with van der Waals surface area (Å²) in [5, 5.41) is 10.7. The number of aromatic nitrogens is 3. The van der Waals surface area contributed by atoms with Crippen LogP contribution in [0.4, 0.5) is 13.2 Å². The van der Waals surface area contributed by atoms with E-state index in [1.54, 1.807) is 23.0 Å². The summed E-state index contributed by atoms with van der Waals surface area (Å²) in [5.74, 6) is 0.624. The molecule has 5 nitrogen and oxygen atoms in total. The molecule has 21 heavy (non-hydrogen) atoms. The molecule has 0 aliphatic carbocycles. The van der Waals surface area contributed by atoms with Gasteiger partial charge >= 0.3 is 6.36 Å². The first-order chi connectivity index (χ1) is 9.96. The van der Waals surface area contributed by atoms with Crippen LogP contribution in [0.1, 0.15) is 11.4 Å². The average molecular weight is 300 g/mol. The van der Waals surface area contributed by atoms with Crippen molar-refractivity contribution in [1.82, 2.24) is 20.1 Å². The molecule has 1 N–H and O–H groups in total. The standard InChI is InChI=1S/C13H15F3N4O/c1-20-9-18-19-12(20)6-7-17-8-10-4-2-3-5-11(10)21-13(14,15)16/h2-5,9,17H,6-8H2,1H3. The molecular weight excluding hydrogens is 285 g/mol. The summed E-state index contributed by atoms with van der Waals surface area (Å²) in [6.07, 6.45) is -2.45. The van der Waals surface area contributed by atoms with Gasteiger partial charge in [-0.2, -0.15) is 0 Å². The molecule has 8 heteroatoms. The van der Waals surface area contributed by atoms with Crippen LogP contribution in [0.3, 0.4) is 0 Å². The lowest BCUT2D eigenvalue weighted by atomic mass is 10.2. The monoisotopic (exact) mass is 300 g/mol. The smallest absolute Gasteiger partial charge is 0.405 e. The molecule has 0 aliphatic rings. The molecule has 0 unspecified atom stereocenters. The molecular formula is C13H15F3N4O. The van der Waals surface area contributed by atoms with Gasteiger partial charge in [0.05, 0.1) is 0 Å². The van der Waals surface area contributed by atoms with Gasteiger partial charge in [0, 0.05) is 32.1 Å². The second kappa shape index (κ2) is 6.57. The van der Waals surface area contributed by atoms with Crippen molar-refractivity contribution in [3.05, 3.63) is 42.0 Å². The summed E-state index contributed by atoms with van der Waals surface area (Å²) in [7, 11) is 1.84. The minimum absolute atomic E-state index is 0.184. The number of hydrogen-bond donors (Lipinski definition) is 1. The summed E-state index contributed by atoms with van der Waals surface area (Å²) in [4.78, 5) is 0. The molecule has 0 fully saturated rings. The maximum Gasteiger partial charge on any atom is 0.573 e. The van der Waals surface area contributed by atoms with E-state index in [1.807, 2.05) is 7.05 Å². The molecule has 0 spiro atoms. The third-order valence-electron chi connectivity index (χ3n) is 2.84. The first-order valence-corrected chi connectivity index (χ1v) is 6.33. The Morgan fingerprint density at radius 2 is 2.05 bits per heavy atom. The number of halogens is 3. The van der Waals surface area contributed by atoms with Crippen LogP contribution in [0.25, 0.3) is 0 Å². The highest BCUT2D eigenvalue weighted by molar-refractivity contribution is 5.33. The van der Waals surface area contributed by atoms with E-state index in [0.29, 0.717) is 18.5 Å². The highest BCUT2D eigenvalue weighted by atomic mass is 19.4. The molecule has 0 bridgehead atoms. The van der Waals surface area contributed by atoms with Gasteiger partial charge in [-0.05, 0) is 6.07 Å². The van der Waals surface area contributed by atoms with E-state index in [1.165, 1.54) is 12.1 Å². The van der Waals surface area contributed by atoms with Gasteiger partial charge in [-0.3, -0.25) is 0 Å². The number of nitrogens with zero attached hydrogens (tertiary/aromatic N) is 3. The van der Waals surface area contributed by atoms with Crippen LogP contribution in [0, 0.1) is 0 Å². The van der Waals surface area contributed by atoms with Crippen LogP contribution in [-0.4, -0.2) is 27.7 Å². The number of aryl methyl sites for hydroxylation is 1. The van der Waals surface area contributed by atoms with Crippen LogP contribution in [0.2, 0.25) is 0 Å². The molecule has 2 aromatic rings. The average Bonchev–Trinajstić information content (AvgIpc) is 2.80. The number of ether oxygens (including phenoxy) is 1. The fraction of sp³-hybridized carbons (Fsp3) is 0.385. The number of alkyl halides is 3. The quantitative estimate of drug-likeness (QED) is 0.830. The molecule has 2 rings (SSSR count). The fourth-order valence-corrected chi connectivity index (χ4v) is 1.83. The molecule has 1 heterocycles. The molecule has 0 aliphatic heterocycles. The summed E-state index contributed by atoms with van der Waals surface area (Å²) in [6.45, 7) is 0.858. The van der Waals surface area contributed by atoms with Crippen molar-refractivity contribution < 1.29 is 17.9 Å². The molecule has 0 radical (unpaired) electrons. The second-order valence-electron chi connectivity index (χ2n) is 4.44. The molecule has 0 atom stereocenters. The van der Waals surface area contributed by atoms with Crippen molar-refractivity contribution in [1.29, 1.82) is 0 Å². The molecule has 0 amide bonds. The third kappa shape index (κ3) is 4.75. The normalized spacial score (nSPS) is 11.6. The predicted molar refractivity (Wildman–Crippen MR) is 69.5 cm³/mol. The lowest BCUT2D eigenvalue weighted by molar-refractivity contribution is -0.274. The van der Waals surface area contributed by atoms with Crippen LogP contribution < -0.4 is 10.1 Å². The van der Waals surface area contributed by atoms with Gasteiger partial charge < -0.3 is 14.6 Å². The Balaban J connectivity index is 1.87. The van der Waals surface area contributed by atoms with Gasteiger partial charge in [0.1, 0.15) is 17.9 Å². The van der Waals surface area contributed by atoms with E-state index in [0.717, 1.165) is 5.82 Å². The van der Waals surface area contributed by atoms with Gasteiger partial charge in [0.2, 0.25) is 0 Å². The highest BCUT2D eigenvalue weighted by Crippen LogP contribution is 2.25. The number of nitrogens with one attached hydrogen (secondary N) is 1. The van der Waals surface area contributed by atoms with E-state index in [-0.39, 0.29) is 12.3 Å². The van der Waals surface area contributed by atoms with Gasteiger partial charge in [0.25, 0.3) is 0 Å². The SMILES string of the molecule is Cn1cnnc1CCNCc1ccccc1OC(F)(F)F. The van der Waals surface area contributed by atoms with Crippen molar-refractivity contribution in [2.45, 2.75) is 19.3 Å². The predicted octanol–water partition coefficient (Wildman–Crippen LogP) is 2.05. The van der Waals surface area contributed by atoms with Crippen LogP contribution in [0.5, 0.6) is 5.75 Å². The number of para-hydroxylation sites is 1. The van der Waals surface area contributed by atoms with Crippen molar-refractivity contribution >= 4 is 0 Å². The Labute approximate surface area is 119 Å². The van der Waals surface area contributed by atoms with Crippen LogP contribution in [0.15, 0.2) is 30.6 Å². The van der Waals surface area contributed by atoms with Gasteiger partial charge in [-0.1, -0.05) is 18.2 Å². The first kappa shape index (κ1) is 15.3. The first-order valence-electron chi connectivity index (χ1n) is 6.33. The zero-order chi connectivity index (χ0) is 15.3. The van der Waals surface area contributed by atoms with Crippen LogP contribution >= 0.6 is 0 Å². The van der Waals surface area contributed by atoms with E-state index >= 15 is 0 Å². The van der Waals surface area contributed by atoms with Crippen molar-refractivity contribution in [2.75, 3.05) is 6.54 Å². The Hall–Kier alpha value is -2.09. The summed E-state index contributed by atoms with van der Waals surface area (Å²) >= 11 is 0. The van der Waals surface area contributed by atoms with Crippen molar-refractivity contribution in [3.63, 3.8) is 0 Å². The lowest BCUT2D eigenvalue weighted by Gasteiger charge is -2.13. The third-order valence-corrected chi connectivity index (χ3v) is 2.84. The number of rotatable bonds is 6. The fourth-order valence-electron chi connectivity index (χ4n) is 1.83. The van der Waals surface area contributed by atoms with Gasteiger partial charge in [0.15, 0.2) is 0 Å². The van der Waals surface area contributed by atoms with E-state index in [2.05, 4.69) is 20.3 Å². The topological polar surface area (TPSA) is 52.0 Å². The Morgan fingerprint density at radius 1 is 1.29 bits per heavy atom. The van der Waals surface area contributed by atoms with Crippen molar-refractivity contribution in [3.8, 4) is 5.75 Å². The Bertz CT molecular complexity index is 583. The van der Waals surface area contributed by atoms with Gasteiger partial charge in [-0.15, -0.1) is 23.4 Å². The lowest BCUT2D eigenvalue weighted by Crippen LogP contribution is -2.21. The largest absolute Gasteiger partial charge is 0.573 e. The molecule has 0 saturated heterocycles. The second-order valence-corrected chi connectivity index (χ2v) is 4.44. The molecule has 0 saturated carbocycles. The minimum Gasteiger partial charge on any atom is -0.405 e. The Morgan fingerprint density at radius 3 is 2.71 bits per heavy atom. The van der Waals surface area contributed by atoms with E-state index in [4.69, 9.17) is 0 Å². The maximum absolute atomic E-state index is 12.3.